The van der Waals surface area contributed by atoms with Crippen molar-refractivity contribution in [2.45, 2.75) is 26.2 Å². The number of aromatic nitrogens is 1. The highest BCUT2D eigenvalue weighted by molar-refractivity contribution is 5.89. The summed E-state index contributed by atoms with van der Waals surface area (Å²) in [6.07, 6.45) is 4.19. The highest BCUT2D eigenvalue weighted by Gasteiger charge is 2.07. The zero-order valence-electron chi connectivity index (χ0n) is 8.70. The van der Waals surface area contributed by atoms with E-state index in [0.29, 0.717) is 6.61 Å². The number of hydrogen-bond acceptors (Lipinski definition) is 3. The van der Waals surface area contributed by atoms with E-state index in [1.165, 1.54) is 12.3 Å². The summed E-state index contributed by atoms with van der Waals surface area (Å²) in [5.41, 5.74) is 0.207. The second-order valence-electron chi connectivity index (χ2n) is 3.21. The van der Waals surface area contributed by atoms with E-state index in [1.54, 1.807) is 0 Å². The summed E-state index contributed by atoms with van der Waals surface area (Å²) in [4.78, 5) is 14.7. The molecule has 1 heterocycles. The molecule has 15 heavy (non-hydrogen) atoms. The average molecular weight is 211 g/mol. The second-order valence-corrected chi connectivity index (χ2v) is 3.21. The van der Waals surface area contributed by atoms with Crippen LogP contribution in [0.15, 0.2) is 18.3 Å². The number of carbonyl (C=O) groups is 1. The van der Waals surface area contributed by atoms with Gasteiger partial charge >= 0.3 is 5.97 Å². The zero-order chi connectivity index (χ0) is 11.1. The van der Waals surface area contributed by atoms with Crippen molar-refractivity contribution in [3.63, 3.8) is 0 Å². The van der Waals surface area contributed by atoms with Crippen LogP contribution in [0.2, 0.25) is 0 Å². The highest BCUT2D eigenvalue weighted by atomic mass is 19.1. The average Bonchev–Trinajstić information content (AvgIpc) is 2.24. The molecule has 0 N–H and O–H groups in total. The van der Waals surface area contributed by atoms with E-state index in [2.05, 4.69) is 11.9 Å². The SMILES string of the molecule is CCCCCOC(=O)c1ccnc(F)c1. The molecular formula is C11H14FNO2. The molecule has 4 heteroatoms. The van der Waals surface area contributed by atoms with Crippen LogP contribution < -0.4 is 0 Å². The molecule has 0 atom stereocenters. The zero-order valence-corrected chi connectivity index (χ0v) is 8.70. The molecule has 1 aromatic heterocycles. The van der Waals surface area contributed by atoms with E-state index >= 15 is 0 Å². The van der Waals surface area contributed by atoms with Crippen LogP contribution in [-0.2, 0) is 4.74 Å². The Labute approximate surface area is 88.3 Å². The lowest BCUT2D eigenvalue weighted by Crippen LogP contribution is -2.07. The number of pyridine rings is 1. The van der Waals surface area contributed by atoms with Gasteiger partial charge in [0.2, 0.25) is 5.95 Å². The molecule has 0 saturated carbocycles. The van der Waals surface area contributed by atoms with Gasteiger partial charge in [0.15, 0.2) is 0 Å². The lowest BCUT2D eigenvalue weighted by molar-refractivity contribution is 0.0497. The van der Waals surface area contributed by atoms with Crippen molar-refractivity contribution in [2.75, 3.05) is 6.61 Å². The Morgan fingerprint density at radius 3 is 3.00 bits per heavy atom. The van der Waals surface area contributed by atoms with E-state index in [4.69, 9.17) is 4.74 Å². The van der Waals surface area contributed by atoms with E-state index in [9.17, 15) is 9.18 Å². The molecule has 0 aliphatic rings. The Hall–Kier alpha value is -1.45. The van der Waals surface area contributed by atoms with Gasteiger partial charge in [0.25, 0.3) is 0 Å². The van der Waals surface area contributed by atoms with Gasteiger partial charge in [0, 0.05) is 12.3 Å². The third-order valence-corrected chi connectivity index (χ3v) is 1.94. The van der Waals surface area contributed by atoms with Crippen molar-refractivity contribution in [2.24, 2.45) is 0 Å². The number of halogens is 1. The minimum Gasteiger partial charge on any atom is -0.462 e. The molecule has 1 rings (SSSR count). The van der Waals surface area contributed by atoms with Crippen LogP contribution in [0, 0.1) is 5.95 Å². The first-order valence-corrected chi connectivity index (χ1v) is 5.02. The van der Waals surface area contributed by atoms with Gasteiger partial charge in [-0.15, -0.1) is 0 Å². The smallest absolute Gasteiger partial charge is 0.338 e. The Bertz CT molecular complexity index is 328. The Balaban J connectivity index is 2.40. The molecule has 0 radical (unpaired) electrons. The molecule has 0 amide bonds. The van der Waals surface area contributed by atoms with Crippen LogP contribution >= 0.6 is 0 Å². The van der Waals surface area contributed by atoms with Gasteiger partial charge in [-0.3, -0.25) is 0 Å². The molecule has 0 spiro atoms. The maximum atomic E-state index is 12.7. The Kier molecular flexibility index (Phi) is 4.74. The third-order valence-electron chi connectivity index (χ3n) is 1.94. The molecule has 0 aromatic carbocycles. The van der Waals surface area contributed by atoms with Crippen molar-refractivity contribution in [1.82, 2.24) is 4.98 Å². The van der Waals surface area contributed by atoms with E-state index in [0.717, 1.165) is 25.3 Å². The molecular weight excluding hydrogens is 197 g/mol. The van der Waals surface area contributed by atoms with Crippen LogP contribution in [0.5, 0.6) is 0 Å². The maximum absolute atomic E-state index is 12.7. The Morgan fingerprint density at radius 1 is 1.53 bits per heavy atom. The Morgan fingerprint density at radius 2 is 2.33 bits per heavy atom. The highest BCUT2D eigenvalue weighted by Crippen LogP contribution is 2.03. The summed E-state index contributed by atoms with van der Waals surface area (Å²) >= 11 is 0. The van der Waals surface area contributed by atoms with Gasteiger partial charge in [-0.05, 0) is 12.5 Å². The summed E-state index contributed by atoms with van der Waals surface area (Å²) in [5.74, 6) is -1.16. The number of nitrogens with zero attached hydrogens (tertiary/aromatic N) is 1. The maximum Gasteiger partial charge on any atom is 0.338 e. The summed E-state index contributed by atoms with van der Waals surface area (Å²) in [5, 5.41) is 0. The largest absolute Gasteiger partial charge is 0.462 e. The fourth-order valence-corrected chi connectivity index (χ4v) is 1.13. The number of unbranched alkanes of at least 4 members (excludes halogenated alkanes) is 2. The van der Waals surface area contributed by atoms with Crippen LogP contribution in [0.25, 0.3) is 0 Å². The van der Waals surface area contributed by atoms with Gasteiger partial charge in [0.1, 0.15) is 0 Å². The normalized spacial score (nSPS) is 10.0. The summed E-state index contributed by atoms with van der Waals surface area (Å²) in [6.45, 7) is 2.46. The third kappa shape index (κ3) is 4.06. The van der Waals surface area contributed by atoms with Gasteiger partial charge in [-0.1, -0.05) is 19.8 Å². The summed E-state index contributed by atoms with van der Waals surface area (Å²) < 4.78 is 17.6. The number of esters is 1. The summed E-state index contributed by atoms with van der Waals surface area (Å²) in [6, 6.07) is 2.51. The van der Waals surface area contributed by atoms with Crippen molar-refractivity contribution in [3.05, 3.63) is 29.8 Å². The lowest BCUT2D eigenvalue weighted by Gasteiger charge is -2.03. The molecule has 3 nitrogen and oxygen atoms in total. The minimum absolute atomic E-state index is 0.207. The molecule has 82 valence electrons. The molecule has 0 aliphatic carbocycles. The molecule has 0 unspecified atom stereocenters. The first-order chi connectivity index (χ1) is 7.24. The van der Waals surface area contributed by atoms with E-state index < -0.39 is 11.9 Å². The van der Waals surface area contributed by atoms with Gasteiger partial charge in [-0.2, -0.15) is 4.39 Å². The first-order valence-electron chi connectivity index (χ1n) is 5.02. The van der Waals surface area contributed by atoms with E-state index in [-0.39, 0.29) is 5.56 Å². The van der Waals surface area contributed by atoms with Gasteiger partial charge in [-0.25, -0.2) is 9.78 Å². The quantitative estimate of drug-likeness (QED) is 0.427. The number of rotatable bonds is 5. The minimum atomic E-state index is -0.669. The standard InChI is InChI=1S/C11H14FNO2/c1-2-3-4-7-15-11(14)9-5-6-13-10(12)8-9/h5-6,8H,2-4,7H2,1H3. The molecule has 0 fully saturated rings. The fraction of sp³-hybridized carbons (Fsp3) is 0.455. The molecule has 0 saturated heterocycles. The summed E-state index contributed by atoms with van der Waals surface area (Å²) in [7, 11) is 0. The van der Waals surface area contributed by atoms with Crippen molar-refractivity contribution in [3.8, 4) is 0 Å². The topological polar surface area (TPSA) is 39.2 Å². The fourth-order valence-electron chi connectivity index (χ4n) is 1.13. The van der Waals surface area contributed by atoms with Crippen LogP contribution in [0.4, 0.5) is 4.39 Å². The number of carbonyl (C=O) groups excluding carboxylic acids is 1. The predicted molar refractivity (Wildman–Crippen MR) is 54.0 cm³/mol. The monoisotopic (exact) mass is 211 g/mol. The van der Waals surface area contributed by atoms with Crippen molar-refractivity contribution < 1.29 is 13.9 Å². The van der Waals surface area contributed by atoms with Crippen LogP contribution in [-0.4, -0.2) is 17.6 Å². The number of hydrogen-bond donors (Lipinski definition) is 0. The lowest BCUT2D eigenvalue weighted by atomic mass is 10.2. The number of ether oxygens (including phenoxy) is 1. The molecule has 0 bridgehead atoms. The molecule has 0 aliphatic heterocycles. The van der Waals surface area contributed by atoms with Gasteiger partial charge in [0.05, 0.1) is 12.2 Å². The van der Waals surface area contributed by atoms with Crippen molar-refractivity contribution in [1.29, 1.82) is 0 Å². The van der Waals surface area contributed by atoms with Crippen molar-refractivity contribution >= 4 is 5.97 Å². The second kappa shape index (κ2) is 6.11. The first kappa shape index (κ1) is 11.6. The van der Waals surface area contributed by atoms with E-state index in [1.807, 2.05) is 0 Å². The van der Waals surface area contributed by atoms with Crippen LogP contribution in [0.1, 0.15) is 36.5 Å². The van der Waals surface area contributed by atoms with Crippen LogP contribution in [0.3, 0.4) is 0 Å². The molecule has 1 aromatic rings. The van der Waals surface area contributed by atoms with Gasteiger partial charge < -0.3 is 4.74 Å². The predicted octanol–water partition coefficient (Wildman–Crippen LogP) is 2.57.